The van der Waals surface area contributed by atoms with Crippen LogP contribution in [0.1, 0.15) is 6.42 Å². The van der Waals surface area contributed by atoms with Gasteiger partial charge in [-0.15, -0.1) is 0 Å². The Hall–Kier alpha value is 1.17. The van der Waals surface area contributed by atoms with Gasteiger partial charge in [-0.3, -0.25) is 4.52 Å². The van der Waals surface area contributed by atoms with Crippen molar-refractivity contribution in [3.05, 3.63) is 0 Å². The fraction of sp³-hybridized carbons (Fsp3) is 1.00. The predicted molar refractivity (Wildman–Crippen MR) is 46.0 cm³/mol. The van der Waals surface area contributed by atoms with Crippen molar-refractivity contribution in [3.63, 3.8) is 0 Å². The number of rotatable bonds is 4. The summed E-state index contributed by atoms with van der Waals surface area (Å²) in [6, 6.07) is 0. The quantitative estimate of drug-likeness (QED) is 0.613. The van der Waals surface area contributed by atoms with Crippen LogP contribution < -0.4 is 0 Å². The van der Waals surface area contributed by atoms with E-state index in [1.54, 1.807) is 0 Å². The lowest BCUT2D eigenvalue weighted by Gasteiger charge is -2.10. The third-order valence-corrected chi connectivity index (χ3v) is 1.94. The van der Waals surface area contributed by atoms with Crippen LogP contribution in [0.15, 0.2) is 0 Å². The molecule has 0 spiro atoms. The lowest BCUT2D eigenvalue weighted by molar-refractivity contribution is 0.196. The third kappa shape index (κ3) is 11.2. The minimum absolute atomic E-state index is 0.0845. The van der Waals surface area contributed by atoms with Crippen LogP contribution in [-0.4, -0.2) is 19.6 Å². The molecule has 68 valence electrons. The maximum Gasteiger partial charge on any atom is 0.469 e. The molecule has 0 heterocycles. The Morgan fingerprint density at radius 2 is 2.00 bits per heavy atom. The molecule has 0 aliphatic carbocycles. The van der Waals surface area contributed by atoms with E-state index in [0.29, 0.717) is 0 Å². The standard InChI is InChI=1S/C3H6BrCl2O4P/c4-3(5,6)1-2-10-11(7,8)9/h1-2H2,(H2,7,8,9). The molecular weight excluding hydrogens is 282 g/mol. The summed E-state index contributed by atoms with van der Waals surface area (Å²) >= 11 is 13.7. The first-order valence-electron chi connectivity index (χ1n) is 2.47. The first-order valence-corrected chi connectivity index (χ1v) is 5.55. The molecule has 0 aromatic carbocycles. The van der Waals surface area contributed by atoms with Crippen LogP contribution in [0.3, 0.4) is 0 Å². The van der Waals surface area contributed by atoms with E-state index in [1.807, 2.05) is 0 Å². The van der Waals surface area contributed by atoms with Crippen molar-refractivity contribution in [2.45, 2.75) is 9.66 Å². The SMILES string of the molecule is O=P(O)(O)OCCC(Cl)(Cl)Br. The molecule has 0 aliphatic heterocycles. The smallest absolute Gasteiger partial charge is 0.303 e. The molecule has 0 saturated carbocycles. The Morgan fingerprint density at radius 3 is 2.27 bits per heavy atom. The highest BCUT2D eigenvalue weighted by molar-refractivity contribution is 9.11. The normalized spacial score (nSPS) is 13.5. The van der Waals surface area contributed by atoms with Crippen molar-refractivity contribution >= 4 is 47.0 Å². The van der Waals surface area contributed by atoms with Crippen molar-refractivity contribution in [2.24, 2.45) is 0 Å². The number of alkyl halides is 3. The second-order valence-electron chi connectivity index (χ2n) is 1.69. The van der Waals surface area contributed by atoms with Crippen LogP contribution in [0.4, 0.5) is 0 Å². The average molecular weight is 288 g/mol. The Kier molecular flexibility index (Phi) is 4.89. The lowest BCUT2D eigenvalue weighted by Crippen LogP contribution is -2.05. The van der Waals surface area contributed by atoms with E-state index >= 15 is 0 Å². The maximum atomic E-state index is 10.1. The second kappa shape index (κ2) is 4.42. The molecule has 0 saturated heterocycles. The Labute approximate surface area is 82.2 Å². The zero-order valence-corrected chi connectivity index (χ0v) is 9.20. The zero-order chi connectivity index (χ0) is 9.12. The average Bonchev–Trinajstić information content (AvgIpc) is 1.55. The van der Waals surface area contributed by atoms with Gasteiger partial charge in [0.25, 0.3) is 0 Å². The molecule has 0 fully saturated rings. The Balaban J connectivity index is 3.52. The largest absolute Gasteiger partial charge is 0.469 e. The van der Waals surface area contributed by atoms with Crippen LogP contribution in [0, 0.1) is 0 Å². The fourth-order valence-corrected chi connectivity index (χ4v) is 0.926. The minimum atomic E-state index is -4.39. The van der Waals surface area contributed by atoms with Crippen molar-refractivity contribution in [3.8, 4) is 0 Å². The summed E-state index contributed by atoms with van der Waals surface area (Å²) in [5.74, 6) is 0. The Morgan fingerprint density at radius 1 is 1.55 bits per heavy atom. The summed E-state index contributed by atoms with van der Waals surface area (Å²) in [5.41, 5.74) is 0. The molecule has 0 amide bonds. The molecule has 0 atom stereocenters. The first-order chi connectivity index (χ1) is 4.71. The van der Waals surface area contributed by atoms with Gasteiger partial charge in [-0.05, 0) is 15.9 Å². The summed E-state index contributed by atoms with van der Waals surface area (Å²) in [6.45, 7) is -0.206. The van der Waals surface area contributed by atoms with E-state index in [2.05, 4.69) is 20.5 Å². The van der Waals surface area contributed by atoms with Crippen molar-refractivity contribution in [2.75, 3.05) is 6.61 Å². The third-order valence-electron chi connectivity index (χ3n) is 0.645. The highest BCUT2D eigenvalue weighted by Gasteiger charge is 2.21. The molecule has 0 radical (unpaired) electrons. The molecule has 0 aromatic heterocycles. The van der Waals surface area contributed by atoms with Gasteiger partial charge in [0.2, 0.25) is 0 Å². The van der Waals surface area contributed by atoms with Gasteiger partial charge in [0.15, 0.2) is 3.24 Å². The topological polar surface area (TPSA) is 66.8 Å². The molecular formula is C3H6BrCl2O4P. The highest BCUT2D eigenvalue weighted by Crippen LogP contribution is 2.38. The van der Waals surface area contributed by atoms with Gasteiger partial charge >= 0.3 is 7.82 Å². The molecule has 0 bridgehead atoms. The molecule has 0 unspecified atom stereocenters. The van der Waals surface area contributed by atoms with Gasteiger partial charge < -0.3 is 9.79 Å². The number of hydrogen-bond donors (Lipinski definition) is 2. The summed E-state index contributed by atoms with van der Waals surface area (Å²) in [7, 11) is -4.39. The predicted octanol–water partition coefficient (Wildman–Crippen LogP) is 2.01. The summed E-state index contributed by atoms with van der Waals surface area (Å²) in [5, 5.41) is 0. The van der Waals surface area contributed by atoms with E-state index in [-0.39, 0.29) is 13.0 Å². The number of hydrogen-bond acceptors (Lipinski definition) is 2. The fourth-order valence-electron chi connectivity index (χ4n) is 0.280. The highest BCUT2D eigenvalue weighted by atomic mass is 79.9. The van der Waals surface area contributed by atoms with Crippen molar-refractivity contribution < 1.29 is 18.9 Å². The summed E-state index contributed by atoms with van der Waals surface area (Å²) in [4.78, 5) is 16.4. The first kappa shape index (κ1) is 12.2. The van der Waals surface area contributed by atoms with Crippen LogP contribution in [-0.2, 0) is 9.09 Å². The van der Waals surface area contributed by atoms with Crippen molar-refractivity contribution in [1.29, 1.82) is 0 Å². The minimum Gasteiger partial charge on any atom is -0.303 e. The van der Waals surface area contributed by atoms with E-state index in [0.717, 1.165) is 0 Å². The monoisotopic (exact) mass is 286 g/mol. The van der Waals surface area contributed by atoms with Gasteiger partial charge in [-0.1, -0.05) is 23.2 Å². The van der Waals surface area contributed by atoms with Gasteiger partial charge in [0.05, 0.1) is 6.61 Å². The van der Waals surface area contributed by atoms with Crippen molar-refractivity contribution in [1.82, 2.24) is 0 Å². The van der Waals surface area contributed by atoms with Crippen LogP contribution in [0.2, 0.25) is 0 Å². The van der Waals surface area contributed by atoms with Gasteiger partial charge in [-0.25, -0.2) is 4.57 Å². The van der Waals surface area contributed by atoms with E-state index in [1.165, 1.54) is 0 Å². The molecule has 4 nitrogen and oxygen atoms in total. The summed E-state index contributed by atoms with van der Waals surface area (Å²) in [6.07, 6.45) is 0.0845. The van der Waals surface area contributed by atoms with Crippen LogP contribution in [0.25, 0.3) is 0 Å². The second-order valence-corrected chi connectivity index (χ2v) is 6.68. The number of phosphoric ester groups is 1. The summed E-state index contributed by atoms with van der Waals surface area (Å²) < 4.78 is 13.0. The maximum absolute atomic E-state index is 10.1. The van der Waals surface area contributed by atoms with Gasteiger partial charge in [0.1, 0.15) is 0 Å². The van der Waals surface area contributed by atoms with Crippen LogP contribution >= 0.6 is 47.0 Å². The van der Waals surface area contributed by atoms with Gasteiger partial charge in [0, 0.05) is 6.42 Å². The zero-order valence-electron chi connectivity index (χ0n) is 5.21. The lowest BCUT2D eigenvalue weighted by atomic mass is 10.5. The number of halogens is 3. The Bertz CT molecular complexity index is 163. The molecule has 11 heavy (non-hydrogen) atoms. The van der Waals surface area contributed by atoms with Gasteiger partial charge in [-0.2, -0.15) is 0 Å². The molecule has 0 aromatic rings. The van der Waals surface area contributed by atoms with E-state index in [4.69, 9.17) is 33.0 Å². The molecule has 2 N–H and O–H groups in total. The van der Waals surface area contributed by atoms with Crippen LogP contribution in [0.5, 0.6) is 0 Å². The molecule has 0 aliphatic rings. The number of phosphoric acid groups is 1. The molecule has 8 heteroatoms. The van der Waals surface area contributed by atoms with E-state index < -0.39 is 11.1 Å². The molecule has 0 rings (SSSR count). The van der Waals surface area contributed by atoms with E-state index in [9.17, 15) is 4.57 Å².